The van der Waals surface area contributed by atoms with Crippen molar-refractivity contribution in [3.63, 3.8) is 0 Å². The first kappa shape index (κ1) is 13.8. The third kappa shape index (κ3) is 4.22. The van der Waals surface area contributed by atoms with Crippen molar-refractivity contribution in [2.24, 2.45) is 0 Å². The second-order valence-corrected chi connectivity index (χ2v) is 3.80. The van der Waals surface area contributed by atoms with Gasteiger partial charge in [0.05, 0.1) is 13.1 Å². The molecule has 0 bridgehead atoms. The van der Waals surface area contributed by atoms with E-state index in [4.69, 9.17) is 5.11 Å². The minimum absolute atomic E-state index is 0.281. The van der Waals surface area contributed by atoms with Crippen LogP contribution >= 0.6 is 0 Å². The number of aliphatic carboxylic acids is 1. The van der Waals surface area contributed by atoms with Gasteiger partial charge in [-0.25, -0.2) is 4.79 Å². The number of carboxylic acid groups (broad SMARTS) is 1. The summed E-state index contributed by atoms with van der Waals surface area (Å²) in [5.41, 5.74) is 0. The molecule has 5 nitrogen and oxygen atoms in total. The Bertz CT molecular complexity index is 306. The second-order valence-electron chi connectivity index (χ2n) is 3.80. The van der Waals surface area contributed by atoms with Crippen LogP contribution in [0.5, 0.6) is 0 Å². The highest BCUT2D eigenvalue weighted by atomic mass is 19.4. The van der Waals surface area contributed by atoms with Gasteiger partial charge in [-0.1, -0.05) is 0 Å². The minimum Gasteiger partial charge on any atom is -0.480 e. The molecule has 0 saturated carbocycles. The second kappa shape index (κ2) is 5.35. The molecular weight excluding hydrogens is 241 g/mol. The topological polar surface area (TPSA) is 69.6 Å². The predicted octanol–water partition coefficient (Wildman–Crippen LogP) is 0.214. The van der Waals surface area contributed by atoms with E-state index in [0.29, 0.717) is 12.8 Å². The zero-order valence-corrected chi connectivity index (χ0v) is 8.96. The van der Waals surface area contributed by atoms with Gasteiger partial charge in [0.2, 0.25) is 5.91 Å². The van der Waals surface area contributed by atoms with Gasteiger partial charge in [-0.2, -0.15) is 13.2 Å². The highest BCUT2D eigenvalue weighted by Crippen LogP contribution is 2.17. The summed E-state index contributed by atoms with van der Waals surface area (Å²) in [6.45, 7) is -1.48. The molecule has 1 atom stereocenters. The van der Waals surface area contributed by atoms with Gasteiger partial charge in [0, 0.05) is 6.54 Å². The fourth-order valence-electron chi connectivity index (χ4n) is 1.73. The average molecular weight is 254 g/mol. The maximum atomic E-state index is 11.8. The molecule has 0 radical (unpaired) electrons. The van der Waals surface area contributed by atoms with Gasteiger partial charge >= 0.3 is 12.1 Å². The van der Waals surface area contributed by atoms with Crippen LogP contribution in [0.25, 0.3) is 0 Å². The van der Waals surface area contributed by atoms with Crippen LogP contribution in [0.4, 0.5) is 13.2 Å². The molecule has 1 fully saturated rings. The van der Waals surface area contributed by atoms with E-state index in [1.165, 1.54) is 0 Å². The number of amides is 1. The summed E-state index contributed by atoms with van der Waals surface area (Å²) < 4.78 is 35.4. The van der Waals surface area contributed by atoms with E-state index in [0.717, 1.165) is 4.90 Å². The Morgan fingerprint density at radius 3 is 2.59 bits per heavy atom. The monoisotopic (exact) mass is 254 g/mol. The van der Waals surface area contributed by atoms with E-state index in [-0.39, 0.29) is 6.54 Å². The van der Waals surface area contributed by atoms with Gasteiger partial charge < -0.3 is 15.3 Å². The van der Waals surface area contributed by atoms with Gasteiger partial charge in [0.25, 0.3) is 0 Å². The zero-order chi connectivity index (χ0) is 13.1. The van der Waals surface area contributed by atoms with Crippen LogP contribution in [-0.4, -0.2) is 53.7 Å². The third-order valence-electron chi connectivity index (χ3n) is 2.46. The molecule has 2 N–H and O–H groups in total. The Balaban J connectivity index is 2.40. The number of halogens is 3. The number of hydrogen-bond donors (Lipinski definition) is 2. The molecule has 1 amide bonds. The maximum Gasteiger partial charge on any atom is 0.401 e. The minimum atomic E-state index is -4.38. The number of carbonyl (C=O) groups is 2. The molecule has 98 valence electrons. The maximum absolute atomic E-state index is 11.8. The Morgan fingerprint density at radius 1 is 1.41 bits per heavy atom. The summed E-state index contributed by atoms with van der Waals surface area (Å²) in [5, 5.41) is 10.7. The number of carbonyl (C=O) groups excluding carboxylic acids is 1. The molecule has 1 aliphatic rings. The van der Waals surface area contributed by atoms with Crippen LogP contribution in [0.3, 0.4) is 0 Å². The van der Waals surface area contributed by atoms with Gasteiger partial charge in [-0.3, -0.25) is 4.79 Å². The molecule has 1 saturated heterocycles. The van der Waals surface area contributed by atoms with Crippen LogP contribution in [0.15, 0.2) is 0 Å². The molecule has 0 unspecified atom stereocenters. The largest absolute Gasteiger partial charge is 0.480 e. The fraction of sp³-hybridized carbons (Fsp3) is 0.778. The van der Waals surface area contributed by atoms with Crippen LogP contribution in [0.2, 0.25) is 0 Å². The zero-order valence-electron chi connectivity index (χ0n) is 8.96. The number of nitrogens with zero attached hydrogens (tertiary/aromatic N) is 1. The van der Waals surface area contributed by atoms with Crippen molar-refractivity contribution >= 4 is 11.9 Å². The molecule has 0 aromatic rings. The summed E-state index contributed by atoms with van der Waals surface area (Å²) >= 11 is 0. The predicted molar refractivity (Wildman–Crippen MR) is 51.3 cm³/mol. The standard InChI is InChI=1S/C9H13F3N2O3/c10-9(11,12)5-13-4-7(15)14-3-1-2-6(14)8(16)17/h6,13H,1-5H2,(H,16,17)/t6-/m1/s1. The lowest BCUT2D eigenvalue weighted by Crippen LogP contribution is -2.45. The van der Waals surface area contributed by atoms with E-state index in [1.54, 1.807) is 0 Å². The number of nitrogens with one attached hydrogen (secondary N) is 1. The summed E-state index contributed by atoms with van der Waals surface area (Å²) in [7, 11) is 0. The molecule has 0 aromatic carbocycles. The molecule has 1 heterocycles. The van der Waals surface area contributed by atoms with E-state index in [9.17, 15) is 22.8 Å². The first-order valence-electron chi connectivity index (χ1n) is 5.11. The van der Waals surface area contributed by atoms with Crippen molar-refractivity contribution in [3.05, 3.63) is 0 Å². The molecule has 0 spiro atoms. The Kier molecular flexibility index (Phi) is 4.33. The van der Waals surface area contributed by atoms with Gasteiger partial charge in [0.1, 0.15) is 6.04 Å². The Labute approximate surface area is 95.6 Å². The van der Waals surface area contributed by atoms with E-state index in [2.05, 4.69) is 0 Å². The number of carboxylic acids is 1. The number of alkyl halides is 3. The number of rotatable bonds is 4. The summed E-state index contributed by atoms with van der Waals surface area (Å²) in [6.07, 6.45) is -3.47. The molecule has 1 aliphatic heterocycles. The third-order valence-corrected chi connectivity index (χ3v) is 2.46. The highest BCUT2D eigenvalue weighted by molar-refractivity contribution is 5.85. The van der Waals surface area contributed by atoms with Crippen molar-refractivity contribution in [2.75, 3.05) is 19.6 Å². The van der Waals surface area contributed by atoms with Crippen LogP contribution in [0, 0.1) is 0 Å². The molecule has 17 heavy (non-hydrogen) atoms. The highest BCUT2D eigenvalue weighted by Gasteiger charge is 2.34. The average Bonchev–Trinajstić information content (AvgIpc) is 2.63. The van der Waals surface area contributed by atoms with Crippen LogP contribution in [0.1, 0.15) is 12.8 Å². The molecular formula is C9H13F3N2O3. The summed E-state index contributed by atoms with van der Waals surface area (Å²) in [4.78, 5) is 23.3. The first-order chi connectivity index (χ1) is 7.81. The lowest BCUT2D eigenvalue weighted by atomic mass is 10.2. The van der Waals surface area contributed by atoms with Crippen molar-refractivity contribution in [1.29, 1.82) is 0 Å². The van der Waals surface area contributed by atoms with Crippen LogP contribution < -0.4 is 5.32 Å². The lowest BCUT2D eigenvalue weighted by molar-refractivity contribution is -0.148. The summed E-state index contributed by atoms with van der Waals surface area (Å²) in [5.74, 6) is -1.73. The van der Waals surface area contributed by atoms with Crippen molar-refractivity contribution in [3.8, 4) is 0 Å². The Morgan fingerprint density at radius 2 is 2.06 bits per heavy atom. The fourth-order valence-corrected chi connectivity index (χ4v) is 1.73. The van der Waals surface area contributed by atoms with E-state index in [1.807, 2.05) is 5.32 Å². The molecule has 0 aromatic heterocycles. The van der Waals surface area contributed by atoms with Crippen molar-refractivity contribution < 1.29 is 27.9 Å². The smallest absolute Gasteiger partial charge is 0.401 e. The van der Waals surface area contributed by atoms with Gasteiger partial charge in [-0.15, -0.1) is 0 Å². The van der Waals surface area contributed by atoms with E-state index >= 15 is 0 Å². The van der Waals surface area contributed by atoms with Gasteiger partial charge in [0.15, 0.2) is 0 Å². The normalized spacial score (nSPS) is 20.6. The lowest BCUT2D eigenvalue weighted by Gasteiger charge is -2.21. The Hall–Kier alpha value is -1.31. The molecule has 0 aliphatic carbocycles. The molecule has 8 heteroatoms. The summed E-state index contributed by atoms with van der Waals surface area (Å²) in [6, 6.07) is -0.907. The number of hydrogen-bond acceptors (Lipinski definition) is 3. The SMILES string of the molecule is O=C(O)[C@H]1CCCN1C(=O)CNCC(F)(F)F. The van der Waals surface area contributed by atoms with Crippen molar-refractivity contribution in [2.45, 2.75) is 25.1 Å². The van der Waals surface area contributed by atoms with Gasteiger partial charge in [-0.05, 0) is 12.8 Å². The number of likely N-dealkylation sites (tertiary alicyclic amines) is 1. The van der Waals surface area contributed by atoms with Crippen LogP contribution in [-0.2, 0) is 9.59 Å². The van der Waals surface area contributed by atoms with Crippen molar-refractivity contribution in [1.82, 2.24) is 10.2 Å². The van der Waals surface area contributed by atoms with E-state index < -0.39 is 37.2 Å². The molecule has 1 rings (SSSR count). The quantitative estimate of drug-likeness (QED) is 0.752. The first-order valence-corrected chi connectivity index (χ1v) is 5.11.